The van der Waals surface area contributed by atoms with E-state index in [1.165, 1.54) is 54.5 Å². The van der Waals surface area contributed by atoms with Crippen LogP contribution in [0.25, 0.3) is 5.69 Å². The first kappa shape index (κ1) is 17.1. The number of rotatable bonds is 2. The summed E-state index contributed by atoms with van der Waals surface area (Å²) in [5, 5.41) is 0. The Morgan fingerprint density at radius 1 is 0.880 bits per heavy atom. The van der Waals surface area contributed by atoms with Crippen LogP contribution in [0, 0.1) is 44.4 Å². The van der Waals surface area contributed by atoms with Gasteiger partial charge < -0.3 is 12.4 Å². The predicted octanol–water partition coefficient (Wildman–Crippen LogP) is 1.69. The predicted molar refractivity (Wildman–Crippen MR) is 96.3 cm³/mol. The number of halogens is 1. The lowest BCUT2D eigenvalue weighted by Crippen LogP contribution is -3.00. The quantitative estimate of drug-likeness (QED) is 0.724. The first-order valence-corrected chi connectivity index (χ1v) is 9.75. The van der Waals surface area contributed by atoms with Crippen molar-refractivity contribution in [1.29, 1.82) is 0 Å². The van der Waals surface area contributed by atoms with Gasteiger partial charge in [0.2, 0.25) is 6.33 Å². The lowest BCUT2D eigenvalue weighted by atomic mass is 9.54. The summed E-state index contributed by atoms with van der Waals surface area (Å²) in [6.45, 7) is 6.67. The number of imidazole rings is 1. The molecule has 0 atom stereocenters. The maximum absolute atomic E-state index is 2.56. The van der Waals surface area contributed by atoms with Crippen molar-refractivity contribution in [2.24, 2.45) is 23.7 Å². The summed E-state index contributed by atoms with van der Waals surface area (Å²) in [6, 6.07) is 5.36. The van der Waals surface area contributed by atoms with E-state index in [2.05, 4.69) is 60.8 Å². The number of nitrogens with zero attached hydrogens (tertiary/aromatic N) is 2. The summed E-state index contributed by atoms with van der Waals surface area (Å²) in [6.07, 6.45) is 14.5. The second-order valence-electron chi connectivity index (χ2n) is 8.94. The van der Waals surface area contributed by atoms with Crippen LogP contribution in [-0.4, -0.2) is 4.57 Å². The second kappa shape index (κ2) is 6.16. The van der Waals surface area contributed by atoms with Crippen molar-refractivity contribution in [3.05, 3.63) is 47.5 Å². The average Bonchev–Trinajstić information content (AvgIpc) is 2.94. The molecule has 0 unspecified atom stereocenters. The van der Waals surface area contributed by atoms with Gasteiger partial charge in [0, 0.05) is 11.8 Å². The maximum atomic E-state index is 2.56. The minimum Gasteiger partial charge on any atom is -1.00 e. The van der Waals surface area contributed by atoms with E-state index >= 15 is 0 Å². The van der Waals surface area contributed by atoms with E-state index < -0.39 is 0 Å². The van der Waals surface area contributed by atoms with Crippen LogP contribution in [0.4, 0.5) is 0 Å². The minimum absolute atomic E-state index is 0. The molecular formula is C22H29ClN2. The SMILES string of the molecule is Cc1cc(C)c(-n2cc[n+](C3C4CC5CC(C4)CC3C5)c2)c(C)c1.[Cl-]. The van der Waals surface area contributed by atoms with Gasteiger partial charge >= 0.3 is 0 Å². The lowest BCUT2D eigenvalue weighted by Gasteiger charge is -2.52. The first-order chi connectivity index (χ1) is 11.6. The molecule has 0 spiro atoms. The van der Waals surface area contributed by atoms with Crippen LogP contribution >= 0.6 is 0 Å². The largest absolute Gasteiger partial charge is 1.00 e. The molecule has 4 fully saturated rings. The zero-order valence-corrected chi connectivity index (χ0v) is 16.3. The minimum atomic E-state index is 0. The summed E-state index contributed by atoms with van der Waals surface area (Å²) in [7, 11) is 0. The van der Waals surface area contributed by atoms with Gasteiger partial charge in [0.05, 0.1) is 0 Å². The van der Waals surface area contributed by atoms with Gasteiger partial charge in [0.25, 0.3) is 0 Å². The zero-order chi connectivity index (χ0) is 16.4. The zero-order valence-electron chi connectivity index (χ0n) is 15.6. The Morgan fingerprint density at radius 2 is 1.44 bits per heavy atom. The van der Waals surface area contributed by atoms with Crippen molar-refractivity contribution < 1.29 is 17.0 Å². The summed E-state index contributed by atoms with van der Waals surface area (Å²) < 4.78 is 4.92. The maximum Gasteiger partial charge on any atom is 0.249 e. The normalized spacial score (nSPS) is 32.7. The molecule has 134 valence electrons. The van der Waals surface area contributed by atoms with Crippen LogP contribution in [0.2, 0.25) is 0 Å². The van der Waals surface area contributed by atoms with Crippen LogP contribution in [-0.2, 0) is 0 Å². The second-order valence-corrected chi connectivity index (χ2v) is 8.94. The van der Waals surface area contributed by atoms with Crippen molar-refractivity contribution in [2.45, 2.75) is 58.9 Å². The molecule has 1 aromatic heterocycles. The molecule has 0 aliphatic heterocycles. The molecule has 0 saturated heterocycles. The van der Waals surface area contributed by atoms with E-state index in [9.17, 15) is 0 Å². The Kier molecular flexibility index (Phi) is 4.22. The van der Waals surface area contributed by atoms with E-state index in [1.54, 1.807) is 0 Å². The molecule has 1 aromatic carbocycles. The first-order valence-electron chi connectivity index (χ1n) is 9.75. The molecule has 0 amide bonds. The summed E-state index contributed by atoms with van der Waals surface area (Å²) in [4.78, 5) is 0. The third-order valence-corrected chi connectivity index (χ3v) is 7.07. The smallest absolute Gasteiger partial charge is 0.249 e. The monoisotopic (exact) mass is 356 g/mol. The number of aromatic nitrogens is 2. The van der Waals surface area contributed by atoms with Gasteiger partial charge in [-0.05, 0) is 75.8 Å². The fraction of sp³-hybridized carbons (Fsp3) is 0.591. The van der Waals surface area contributed by atoms with Gasteiger partial charge in [0.15, 0.2) is 0 Å². The fourth-order valence-electron chi connectivity index (χ4n) is 6.64. The third-order valence-electron chi connectivity index (χ3n) is 7.07. The van der Waals surface area contributed by atoms with E-state index in [0.29, 0.717) is 0 Å². The van der Waals surface area contributed by atoms with E-state index in [-0.39, 0.29) is 12.4 Å². The van der Waals surface area contributed by atoms with Crippen LogP contribution in [0.1, 0.15) is 54.8 Å². The highest BCUT2D eigenvalue weighted by atomic mass is 35.5. The Hall–Kier alpha value is -1.28. The van der Waals surface area contributed by atoms with E-state index in [4.69, 9.17) is 0 Å². The average molecular weight is 357 g/mol. The summed E-state index contributed by atoms with van der Waals surface area (Å²) >= 11 is 0. The molecule has 4 saturated carbocycles. The third kappa shape index (κ3) is 2.73. The van der Waals surface area contributed by atoms with E-state index in [1.807, 2.05) is 0 Å². The summed E-state index contributed by atoms with van der Waals surface area (Å²) in [5.74, 6) is 3.96. The molecule has 2 nitrogen and oxygen atoms in total. The topological polar surface area (TPSA) is 8.81 Å². The molecule has 4 aliphatic carbocycles. The van der Waals surface area contributed by atoms with Crippen molar-refractivity contribution in [3.8, 4) is 5.69 Å². The van der Waals surface area contributed by atoms with Gasteiger partial charge in [-0.3, -0.25) is 0 Å². The molecule has 1 heterocycles. The molecule has 0 N–H and O–H groups in total. The number of hydrogen-bond acceptors (Lipinski definition) is 0. The van der Waals surface area contributed by atoms with Gasteiger partial charge in [-0.25, -0.2) is 9.13 Å². The highest BCUT2D eigenvalue weighted by molar-refractivity contribution is 5.48. The van der Waals surface area contributed by atoms with Crippen molar-refractivity contribution in [1.82, 2.24) is 4.57 Å². The molecular weight excluding hydrogens is 328 g/mol. The van der Waals surface area contributed by atoms with Crippen LogP contribution in [0.5, 0.6) is 0 Å². The van der Waals surface area contributed by atoms with Crippen molar-refractivity contribution >= 4 is 0 Å². The van der Waals surface area contributed by atoms with Gasteiger partial charge in [-0.1, -0.05) is 17.7 Å². The molecule has 0 radical (unpaired) electrons. The number of aryl methyl sites for hydroxylation is 3. The van der Waals surface area contributed by atoms with Crippen LogP contribution in [0.3, 0.4) is 0 Å². The van der Waals surface area contributed by atoms with E-state index in [0.717, 1.165) is 29.7 Å². The standard InChI is InChI=1S/C22H29N2.ClH/c1-14-6-15(2)21(16(3)7-14)23-4-5-24(13-23)22-19-9-17-8-18(11-19)12-20(22)10-17;/h4-7,13,17-20,22H,8-12H2,1-3H3;1H/q+1;/p-1. The molecule has 4 aliphatic rings. The Labute approximate surface area is 157 Å². The van der Waals surface area contributed by atoms with Gasteiger partial charge in [-0.15, -0.1) is 0 Å². The lowest BCUT2D eigenvalue weighted by molar-refractivity contribution is -0.742. The van der Waals surface area contributed by atoms with Crippen molar-refractivity contribution in [2.75, 3.05) is 0 Å². The fourth-order valence-corrected chi connectivity index (χ4v) is 6.64. The molecule has 3 heteroatoms. The number of benzene rings is 1. The Bertz CT molecular complexity index is 740. The summed E-state index contributed by atoms with van der Waals surface area (Å²) in [5.41, 5.74) is 5.47. The van der Waals surface area contributed by atoms with Crippen LogP contribution in [0.15, 0.2) is 30.9 Å². The highest BCUT2D eigenvalue weighted by Crippen LogP contribution is 2.56. The molecule has 6 rings (SSSR count). The Morgan fingerprint density at radius 3 is 2.00 bits per heavy atom. The molecule has 2 aromatic rings. The van der Waals surface area contributed by atoms with Gasteiger partial charge in [0.1, 0.15) is 24.1 Å². The van der Waals surface area contributed by atoms with Crippen LogP contribution < -0.4 is 17.0 Å². The van der Waals surface area contributed by atoms with Gasteiger partial charge in [-0.2, -0.15) is 0 Å². The molecule has 25 heavy (non-hydrogen) atoms. The molecule has 4 bridgehead atoms. The highest BCUT2D eigenvalue weighted by Gasteiger charge is 2.50. The number of hydrogen-bond donors (Lipinski definition) is 0. The Balaban J connectivity index is 0.00000157. The van der Waals surface area contributed by atoms with Crippen molar-refractivity contribution in [3.63, 3.8) is 0 Å².